The Morgan fingerprint density at radius 2 is 2.00 bits per heavy atom. The highest BCUT2D eigenvalue weighted by Gasteiger charge is 2.21. The highest BCUT2D eigenvalue weighted by atomic mass is 35.5. The number of carbonyl (C=O) groups excluding carboxylic acids is 2. The molecule has 0 aliphatic rings. The number of hydrogen-bond donors (Lipinski definition) is 2. The van der Waals surface area contributed by atoms with Gasteiger partial charge in [-0.05, 0) is 49.7 Å². The summed E-state index contributed by atoms with van der Waals surface area (Å²) in [7, 11) is 0. The van der Waals surface area contributed by atoms with Crippen LogP contribution >= 0.6 is 35.0 Å². The van der Waals surface area contributed by atoms with Gasteiger partial charge in [-0.3, -0.25) is 9.59 Å². The molecule has 0 saturated heterocycles. The zero-order valence-corrected chi connectivity index (χ0v) is 20.5. The first-order valence-corrected chi connectivity index (χ1v) is 11.8. The lowest BCUT2D eigenvalue weighted by Gasteiger charge is -2.16. The van der Waals surface area contributed by atoms with Crippen LogP contribution in [0.3, 0.4) is 0 Å². The molecule has 2 N–H and O–H groups in total. The average Bonchev–Trinajstić information content (AvgIpc) is 3.15. The Labute approximate surface area is 206 Å². The zero-order valence-electron chi connectivity index (χ0n) is 18.1. The summed E-state index contributed by atoms with van der Waals surface area (Å²) in [6.45, 7) is 7.96. The summed E-state index contributed by atoms with van der Waals surface area (Å²) in [5.41, 5.74) is 2.11. The number of nitrogens with one attached hydrogen (secondary N) is 2. The Morgan fingerprint density at radius 3 is 2.70 bits per heavy atom. The van der Waals surface area contributed by atoms with Gasteiger partial charge in [0.05, 0.1) is 22.4 Å². The van der Waals surface area contributed by atoms with E-state index in [1.165, 1.54) is 17.8 Å². The largest absolute Gasteiger partial charge is 0.342 e. The van der Waals surface area contributed by atoms with Crippen LogP contribution in [0.1, 0.15) is 34.7 Å². The summed E-state index contributed by atoms with van der Waals surface area (Å²) in [5.74, 6) is 0.183. The fourth-order valence-electron chi connectivity index (χ4n) is 3.09. The minimum atomic E-state index is -0.466. The van der Waals surface area contributed by atoms with Gasteiger partial charge < -0.3 is 15.2 Å². The van der Waals surface area contributed by atoms with E-state index in [2.05, 4.69) is 27.4 Å². The van der Waals surface area contributed by atoms with Gasteiger partial charge in [0.2, 0.25) is 5.91 Å². The third-order valence-electron chi connectivity index (χ3n) is 4.60. The van der Waals surface area contributed by atoms with Crippen molar-refractivity contribution in [3.63, 3.8) is 0 Å². The second-order valence-corrected chi connectivity index (χ2v) is 9.05. The zero-order chi connectivity index (χ0) is 24.0. The number of rotatable bonds is 9. The predicted octanol–water partition coefficient (Wildman–Crippen LogP) is 5.30. The van der Waals surface area contributed by atoms with Crippen molar-refractivity contribution in [1.82, 2.24) is 20.1 Å². The maximum absolute atomic E-state index is 12.7. The summed E-state index contributed by atoms with van der Waals surface area (Å²) in [6, 6.07) is 11.8. The van der Waals surface area contributed by atoms with E-state index in [1.54, 1.807) is 25.1 Å². The Kier molecular flexibility index (Phi) is 8.55. The van der Waals surface area contributed by atoms with Crippen molar-refractivity contribution in [1.29, 1.82) is 0 Å². The molecule has 0 aliphatic carbocycles. The molecule has 0 spiro atoms. The first kappa shape index (κ1) is 24.8. The molecular formula is C23H23Cl2N5O2S. The molecule has 0 aliphatic heterocycles. The second-order valence-electron chi connectivity index (χ2n) is 7.27. The van der Waals surface area contributed by atoms with E-state index in [9.17, 15) is 9.59 Å². The van der Waals surface area contributed by atoms with Gasteiger partial charge in [-0.2, -0.15) is 0 Å². The number of aromatic nitrogens is 3. The summed E-state index contributed by atoms with van der Waals surface area (Å²) < 4.78 is 1.81. The van der Waals surface area contributed by atoms with Crippen LogP contribution in [0.4, 0.5) is 5.69 Å². The molecule has 3 rings (SSSR count). The first-order chi connectivity index (χ1) is 15.8. The molecule has 3 aromatic rings. The minimum Gasteiger partial charge on any atom is -0.342 e. The number of carbonyl (C=O) groups is 2. The van der Waals surface area contributed by atoms with Gasteiger partial charge in [0.25, 0.3) is 5.91 Å². The van der Waals surface area contributed by atoms with Crippen LogP contribution in [0.2, 0.25) is 10.0 Å². The SMILES string of the molecule is C=CCn1c(SCC(=O)Nc2cccc(C)c2)nnc1C(C)NC(=O)c1ccc(Cl)cc1Cl. The Hall–Kier alpha value is -2.81. The number of amides is 2. The quantitative estimate of drug-likeness (QED) is 0.305. The molecule has 0 saturated carbocycles. The summed E-state index contributed by atoms with van der Waals surface area (Å²) in [6.07, 6.45) is 1.70. The van der Waals surface area contributed by atoms with E-state index in [4.69, 9.17) is 23.2 Å². The molecular weight excluding hydrogens is 481 g/mol. The van der Waals surface area contributed by atoms with Gasteiger partial charge in [-0.25, -0.2) is 0 Å². The van der Waals surface area contributed by atoms with Gasteiger partial charge in [-0.1, -0.05) is 53.2 Å². The number of nitrogens with zero attached hydrogens (tertiary/aromatic N) is 3. The van der Waals surface area contributed by atoms with Crippen molar-refractivity contribution >= 4 is 52.5 Å². The molecule has 2 amide bonds. The fraction of sp³-hybridized carbons (Fsp3) is 0.217. The van der Waals surface area contributed by atoms with Gasteiger partial charge >= 0.3 is 0 Å². The first-order valence-electron chi connectivity index (χ1n) is 10.1. The van der Waals surface area contributed by atoms with E-state index in [-0.39, 0.29) is 22.6 Å². The number of anilines is 1. The number of allylic oxidation sites excluding steroid dienone is 1. The highest BCUT2D eigenvalue weighted by molar-refractivity contribution is 7.99. The molecule has 0 fully saturated rings. The van der Waals surface area contributed by atoms with Crippen LogP contribution in [0, 0.1) is 6.92 Å². The molecule has 1 atom stereocenters. The molecule has 10 heteroatoms. The van der Waals surface area contributed by atoms with Crippen molar-refractivity contribution in [2.45, 2.75) is 31.6 Å². The van der Waals surface area contributed by atoms with E-state index in [0.717, 1.165) is 11.3 Å². The molecule has 7 nitrogen and oxygen atoms in total. The number of aryl methyl sites for hydroxylation is 1. The van der Waals surface area contributed by atoms with E-state index in [1.807, 2.05) is 35.8 Å². The summed E-state index contributed by atoms with van der Waals surface area (Å²) >= 11 is 13.3. The number of halogens is 2. The third kappa shape index (κ3) is 6.60. The number of benzene rings is 2. The van der Waals surface area contributed by atoms with Gasteiger partial charge in [0, 0.05) is 17.3 Å². The Bertz CT molecular complexity index is 1180. The average molecular weight is 504 g/mol. The third-order valence-corrected chi connectivity index (χ3v) is 6.12. The monoisotopic (exact) mass is 503 g/mol. The van der Waals surface area contributed by atoms with Crippen molar-refractivity contribution in [3.05, 3.63) is 82.1 Å². The maximum Gasteiger partial charge on any atom is 0.253 e. The second kappa shape index (κ2) is 11.4. The van der Waals surface area contributed by atoms with Crippen LogP contribution in [0.5, 0.6) is 0 Å². The highest BCUT2D eigenvalue weighted by Crippen LogP contribution is 2.24. The van der Waals surface area contributed by atoms with Crippen molar-refractivity contribution in [2.75, 3.05) is 11.1 Å². The van der Waals surface area contributed by atoms with Crippen molar-refractivity contribution < 1.29 is 9.59 Å². The van der Waals surface area contributed by atoms with Gasteiger partial charge in [0.15, 0.2) is 11.0 Å². The normalized spacial score (nSPS) is 11.6. The molecule has 1 heterocycles. The maximum atomic E-state index is 12.7. The van der Waals surface area contributed by atoms with Crippen molar-refractivity contribution in [2.24, 2.45) is 0 Å². The molecule has 2 aromatic carbocycles. The van der Waals surface area contributed by atoms with E-state index >= 15 is 0 Å². The predicted molar refractivity (Wildman–Crippen MR) is 133 cm³/mol. The topological polar surface area (TPSA) is 88.9 Å². The van der Waals surface area contributed by atoms with E-state index < -0.39 is 6.04 Å². The standard InChI is InChI=1S/C23H23Cl2N5O2S/c1-4-10-30-21(15(3)26-22(32)18-9-8-16(24)12-19(18)25)28-29-23(30)33-13-20(31)27-17-7-5-6-14(2)11-17/h4-9,11-12,15H,1,10,13H2,2-3H3,(H,26,32)(H,27,31). The fourth-order valence-corrected chi connectivity index (χ4v) is 4.34. The molecule has 172 valence electrons. The van der Waals surface area contributed by atoms with Crippen molar-refractivity contribution in [3.8, 4) is 0 Å². The molecule has 1 unspecified atom stereocenters. The molecule has 33 heavy (non-hydrogen) atoms. The molecule has 0 bridgehead atoms. The van der Waals surface area contributed by atoms with E-state index in [0.29, 0.717) is 28.1 Å². The number of hydrogen-bond acceptors (Lipinski definition) is 5. The number of thioether (sulfide) groups is 1. The van der Waals surface area contributed by atoms with Crippen LogP contribution in [-0.4, -0.2) is 32.3 Å². The lowest BCUT2D eigenvalue weighted by atomic mass is 10.2. The molecule has 0 radical (unpaired) electrons. The Balaban J connectivity index is 1.68. The van der Waals surface area contributed by atoms with Crippen LogP contribution in [-0.2, 0) is 11.3 Å². The lowest BCUT2D eigenvalue weighted by molar-refractivity contribution is -0.113. The Morgan fingerprint density at radius 1 is 1.21 bits per heavy atom. The van der Waals surface area contributed by atoms with Crippen LogP contribution in [0.15, 0.2) is 60.3 Å². The minimum absolute atomic E-state index is 0.154. The smallest absolute Gasteiger partial charge is 0.253 e. The van der Waals surface area contributed by atoms with Crippen LogP contribution in [0.25, 0.3) is 0 Å². The summed E-state index contributed by atoms with van der Waals surface area (Å²) in [4.78, 5) is 25.1. The van der Waals surface area contributed by atoms with Gasteiger partial charge in [-0.15, -0.1) is 16.8 Å². The summed E-state index contributed by atoms with van der Waals surface area (Å²) in [5, 5.41) is 15.5. The lowest BCUT2D eigenvalue weighted by Crippen LogP contribution is -2.29. The molecule has 1 aromatic heterocycles. The van der Waals surface area contributed by atoms with Gasteiger partial charge in [0.1, 0.15) is 0 Å². The van der Waals surface area contributed by atoms with Crippen LogP contribution < -0.4 is 10.6 Å².